The molecule has 0 aliphatic heterocycles. The largest absolute Gasteiger partial charge is 0.391 e. The Hall–Kier alpha value is -1.85. The minimum absolute atomic E-state index is 0.0868. The molecule has 0 radical (unpaired) electrons. The summed E-state index contributed by atoms with van der Waals surface area (Å²) in [5, 5.41) is 0. The third-order valence-electron chi connectivity index (χ3n) is 1.48. The molecule has 0 spiro atoms. The van der Waals surface area contributed by atoms with Gasteiger partial charge < -0.3 is 5.73 Å². The molecule has 0 aliphatic rings. The summed E-state index contributed by atoms with van der Waals surface area (Å²) in [6.07, 6.45) is 0. The number of hydrogen-bond donors (Lipinski definition) is 2. The molecule has 1 aromatic rings. The number of rotatable bonds is 1. The molecule has 0 amide bonds. The number of nitrogens with one attached hydrogen (secondary N) is 1. The Labute approximate surface area is 67.4 Å². The predicted molar refractivity (Wildman–Crippen MR) is 45.9 cm³/mol. The normalized spacial score (nSPS) is 9.75. The lowest BCUT2D eigenvalue weighted by Crippen LogP contribution is -2.29. The number of nitrogens with zero attached hydrogens (tertiary/aromatic N) is 2. The van der Waals surface area contributed by atoms with Crippen LogP contribution < -0.4 is 17.0 Å². The van der Waals surface area contributed by atoms with Gasteiger partial charge in [-0.15, -0.1) is 0 Å². The number of hydrogen-bond acceptors (Lipinski definition) is 4. The highest BCUT2D eigenvalue weighted by molar-refractivity contribution is 5.58. The maximum atomic E-state index is 10.9. The van der Waals surface area contributed by atoms with E-state index in [0.717, 1.165) is 4.57 Å². The van der Waals surface area contributed by atoms with Crippen molar-refractivity contribution >= 4 is 18.2 Å². The van der Waals surface area contributed by atoms with E-state index in [2.05, 4.69) is 11.7 Å². The van der Waals surface area contributed by atoms with E-state index in [4.69, 9.17) is 5.73 Å². The first-order chi connectivity index (χ1) is 5.57. The average molecular weight is 168 g/mol. The Morgan fingerprint density at radius 2 is 2.17 bits per heavy atom. The molecule has 1 rings (SSSR count). The van der Waals surface area contributed by atoms with Gasteiger partial charge in [0.15, 0.2) is 5.82 Å². The standard InChI is InChI=1S/C6H8N4O2/c1-8-4-3(7)5(11)9-6(12)10(4)2/h1,7H2,2H3,(H,9,11,12). The lowest BCUT2D eigenvalue weighted by Gasteiger charge is -2.02. The molecular weight excluding hydrogens is 160 g/mol. The van der Waals surface area contributed by atoms with Crippen LogP contribution in [-0.4, -0.2) is 16.3 Å². The van der Waals surface area contributed by atoms with Crippen LogP contribution in [0.1, 0.15) is 0 Å². The summed E-state index contributed by atoms with van der Waals surface area (Å²) in [5.41, 5.74) is 4.02. The Balaban J connectivity index is 3.76. The van der Waals surface area contributed by atoms with Gasteiger partial charge in [0.2, 0.25) is 0 Å². The average Bonchev–Trinajstić information content (AvgIpc) is 2.02. The fourth-order valence-electron chi connectivity index (χ4n) is 0.818. The first kappa shape index (κ1) is 8.25. The minimum Gasteiger partial charge on any atom is -0.391 e. The summed E-state index contributed by atoms with van der Waals surface area (Å²) in [7, 11) is 1.44. The number of H-pyrrole nitrogens is 1. The predicted octanol–water partition coefficient (Wildman–Crippen LogP) is -1.01. The summed E-state index contributed by atoms with van der Waals surface area (Å²) in [6, 6.07) is 0. The summed E-state index contributed by atoms with van der Waals surface area (Å²) < 4.78 is 1.11. The second-order valence-corrected chi connectivity index (χ2v) is 2.21. The van der Waals surface area contributed by atoms with Gasteiger partial charge in [0.05, 0.1) is 0 Å². The molecule has 1 aromatic heterocycles. The van der Waals surface area contributed by atoms with E-state index < -0.39 is 11.2 Å². The van der Waals surface area contributed by atoms with E-state index in [-0.39, 0.29) is 11.5 Å². The number of anilines is 1. The van der Waals surface area contributed by atoms with Crippen molar-refractivity contribution < 1.29 is 0 Å². The quantitative estimate of drug-likeness (QED) is 0.526. The smallest absolute Gasteiger partial charge is 0.329 e. The monoisotopic (exact) mass is 168 g/mol. The molecule has 1 heterocycles. The van der Waals surface area contributed by atoms with Crippen molar-refractivity contribution in [1.29, 1.82) is 0 Å². The van der Waals surface area contributed by atoms with Crippen molar-refractivity contribution in [1.82, 2.24) is 9.55 Å². The van der Waals surface area contributed by atoms with Gasteiger partial charge in [0.1, 0.15) is 5.69 Å². The minimum atomic E-state index is -0.638. The molecule has 0 saturated heterocycles. The molecule has 0 aliphatic carbocycles. The van der Waals surface area contributed by atoms with Crippen LogP contribution >= 0.6 is 0 Å². The highest BCUT2D eigenvalue weighted by atomic mass is 16.2. The fourth-order valence-corrected chi connectivity index (χ4v) is 0.818. The van der Waals surface area contributed by atoms with Crippen LogP contribution in [0.25, 0.3) is 0 Å². The van der Waals surface area contributed by atoms with Crippen LogP contribution in [0, 0.1) is 0 Å². The van der Waals surface area contributed by atoms with Crippen molar-refractivity contribution in [3.63, 3.8) is 0 Å². The highest BCUT2D eigenvalue weighted by Gasteiger charge is 2.06. The van der Waals surface area contributed by atoms with Crippen molar-refractivity contribution in [3.8, 4) is 0 Å². The van der Waals surface area contributed by atoms with Gasteiger partial charge in [0, 0.05) is 7.05 Å². The van der Waals surface area contributed by atoms with E-state index in [1.165, 1.54) is 7.05 Å². The molecule has 3 N–H and O–H groups in total. The third-order valence-corrected chi connectivity index (χ3v) is 1.48. The van der Waals surface area contributed by atoms with Gasteiger partial charge in [-0.3, -0.25) is 14.3 Å². The number of aromatic amines is 1. The molecule has 64 valence electrons. The van der Waals surface area contributed by atoms with Crippen molar-refractivity contribution in [2.24, 2.45) is 12.0 Å². The number of aromatic nitrogens is 2. The fraction of sp³-hybridized carbons (Fsp3) is 0.167. The van der Waals surface area contributed by atoms with Crippen LogP contribution in [0.4, 0.5) is 11.5 Å². The number of nitrogen functional groups attached to an aromatic ring is 1. The highest BCUT2D eigenvalue weighted by Crippen LogP contribution is 2.11. The summed E-state index contributed by atoms with van der Waals surface area (Å²) in [6.45, 7) is 3.19. The zero-order valence-electron chi connectivity index (χ0n) is 6.50. The van der Waals surface area contributed by atoms with Gasteiger partial charge in [-0.05, 0) is 6.72 Å². The first-order valence-corrected chi connectivity index (χ1v) is 3.13. The SMILES string of the molecule is C=Nc1c(N)c(=O)[nH]c(=O)n1C. The lowest BCUT2D eigenvalue weighted by molar-refractivity contribution is 0.807. The molecule has 0 atom stereocenters. The molecule has 0 unspecified atom stereocenters. The van der Waals surface area contributed by atoms with E-state index >= 15 is 0 Å². The maximum absolute atomic E-state index is 10.9. The van der Waals surface area contributed by atoms with Crippen LogP contribution in [0.2, 0.25) is 0 Å². The molecule has 12 heavy (non-hydrogen) atoms. The van der Waals surface area contributed by atoms with E-state index in [1.54, 1.807) is 0 Å². The van der Waals surface area contributed by atoms with Gasteiger partial charge in [-0.1, -0.05) is 0 Å². The molecule has 6 nitrogen and oxygen atoms in total. The molecule has 6 heteroatoms. The van der Waals surface area contributed by atoms with E-state index in [9.17, 15) is 9.59 Å². The third kappa shape index (κ3) is 1.03. The molecule has 0 aromatic carbocycles. The maximum Gasteiger partial charge on any atom is 0.329 e. The van der Waals surface area contributed by atoms with Crippen LogP contribution in [0.15, 0.2) is 14.6 Å². The van der Waals surface area contributed by atoms with Crippen LogP contribution in [-0.2, 0) is 7.05 Å². The zero-order chi connectivity index (χ0) is 9.30. The second-order valence-electron chi connectivity index (χ2n) is 2.21. The van der Waals surface area contributed by atoms with Crippen molar-refractivity contribution in [3.05, 3.63) is 20.8 Å². The number of aliphatic imine (C=N–C) groups is 1. The lowest BCUT2D eigenvalue weighted by atomic mass is 10.5. The van der Waals surface area contributed by atoms with Gasteiger partial charge in [-0.2, -0.15) is 0 Å². The summed E-state index contributed by atoms with van der Waals surface area (Å²) in [5.74, 6) is 0.0868. The molecule has 0 saturated carbocycles. The zero-order valence-corrected chi connectivity index (χ0v) is 6.50. The Bertz CT molecular complexity index is 394. The second kappa shape index (κ2) is 2.65. The van der Waals surface area contributed by atoms with E-state index in [1.807, 2.05) is 4.98 Å². The van der Waals surface area contributed by atoms with Crippen LogP contribution in [0.3, 0.4) is 0 Å². The van der Waals surface area contributed by atoms with Crippen molar-refractivity contribution in [2.75, 3.05) is 5.73 Å². The van der Waals surface area contributed by atoms with Crippen LogP contribution in [0.5, 0.6) is 0 Å². The Morgan fingerprint density at radius 3 is 2.67 bits per heavy atom. The summed E-state index contributed by atoms with van der Waals surface area (Å²) in [4.78, 5) is 27.3. The first-order valence-electron chi connectivity index (χ1n) is 3.13. The number of nitrogens with two attached hydrogens (primary N) is 1. The summed E-state index contributed by atoms with van der Waals surface area (Å²) >= 11 is 0. The van der Waals surface area contributed by atoms with Gasteiger partial charge in [-0.25, -0.2) is 9.79 Å². The van der Waals surface area contributed by atoms with Crippen molar-refractivity contribution in [2.45, 2.75) is 0 Å². The van der Waals surface area contributed by atoms with E-state index in [0.29, 0.717) is 0 Å². The molecule has 0 fully saturated rings. The molecule has 0 bridgehead atoms. The van der Waals surface area contributed by atoms with Gasteiger partial charge >= 0.3 is 5.69 Å². The van der Waals surface area contributed by atoms with Gasteiger partial charge in [0.25, 0.3) is 5.56 Å². The Kier molecular flexibility index (Phi) is 1.82. The Morgan fingerprint density at radius 1 is 1.58 bits per heavy atom. The molecular formula is C6H8N4O2. The topological polar surface area (TPSA) is 93.2 Å².